The zero-order valence-corrected chi connectivity index (χ0v) is 25.7. The highest BCUT2D eigenvalue weighted by atomic mass is 32.2. The first kappa shape index (κ1) is 39.1. The van der Waals surface area contributed by atoms with Gasteiger partial charge in [0.25, 0.3) is 0 Å². The van der Waals surface area contributed by atoms with Gasteiger partial charge >= 0.3 is 19.1 Å². The molecule has 3 aromatic rings. The Bertz CT molecular complexity index is 1910. The van der Waals surface area contributed by atoms with E-state index in [-0.39, 0.29) is 36.4 Å². The van der Waals surface area contributed by atoms with E-state index in [0.717, 1.165) is 0 Å². The standard InChI is InChI=1S/C23H17F9N4O10S3/c24-21(25,26)44-16-7-10(47(34,38)39)1-4-13(16)20(19(33)37,14-5-2-11(48(35,40)41)8-17(14)45-22(27,28)29)15-6-3-12(49(36,42)43)9-18(15)46-23(30,31)32/h1-9H,(H2,33,37)(H2,34,38,39)(H2,35,40,41)(H2,36,42,43). The molecule has 0 aliphatic rings. The van der Waals surface area contributed by atoms with E-state index in [1.54, 1.807) is 0 Å². The molecule has 0 heterocycles. The van der Waals surface area contributed by atoms with Crippen LogP contribution in [0.15, 0.2) is 69.3 Å². The molecule has 0 saturated heterocycles. The molecule has 0 aromatic heterocycles. The quantitative estimate of drug-likeness (QED) is 0.172. The van der Waals surface area contributed by atoms with Crippen LogP contribution < -0.4 is 35.4 Å². The minimum atomic E-state index is -5.86. The van der Waals surface area contributed by atoms with Crippen molar-refractivity contribution < 1.29 is 83.8 Å². The number of primary sulfonamides is 3. The Labute approximate surface area is 268 Å². The van der Waals surface area contributed by atoms with Crippen molar-refractivity contribution in [3.05, 3.63) is 71.3 Å². The van der Waals surface area contributed by atoms with Crippen molar-refractivity contribution >= 4 is 36.0 Å². The molecular formula is C23H17F9N4O10S3. The predicted molar refractivity (Wildman–Crippen MR) is 143 cm³/mol. The molecule has 270 valence electrons. The summed E-state index contributed by atoms with van der Waals surface area (Å²) >= 11 is 0. The number of nitrogens with two attached hydrogens (primary N) is 4. The minimum absolute atomic E-state index is 0.0398. The lowest BCUT2D eigenvalue weighted by Gasteiger charge is -2.36. The zero-order valence-electron chi connectivity index (χ0n) is 23.2. The second kappa shape index (κ2) is 12.5. The molecule has 0 aliphatic carbocycles. The number of halogens is 9. The summed E-state index contributed by atoms with van der Waals surface area (Å²) in [5.41, 5.74) is -2.74. The monoisotopic (exact) mass is 776 g/mol. The lowest BCUT2D eigenvalue weighted by molar-refractivity contribution is -0.275. The normalized spacial score (nSPS) is 13.6. The predicted octanol–water partition coefficient (Wildman–Crippen LogP) is 2.14. The smallest absolute Gasteiger partial charge is 0.405 e. The first-order valence-electron chi connectivity index (χ1n) is 12.0. The van der Waals surface area contributed by atoms with Gasteiger partial charge in [0, 0.05) is 34.9 Å². The highest BCUT2D eigenvalue weighted by Gasteiger charge is 2.52. The van der Waals surface area contributed by atoms with Crippen molar-refractivity contribution in [1.29, 1.82) is 0 Å². The highest BCUT2D eigenvalue weighted by molar-refractivity contribution is 7.89. The van der Waals surface area contributed by atoms with Crippen LogP contribution in [-0.4, -0.2) is 50.2 Å². The first-order valence-corrected chi connectivity index (χ1v) is 16.6. The number of carbonyl (C=O) groups is 1. The first-order chi connectivity index (χ1) is 21.9. The van der Waals surface area contributed by atoms with E-state index in [1.807, 2.05) is 0 Å². The van der Waals surface area contributed by atoms with Crippen LogP contribution in [0.3, 0.4) is 0 Å². The van der Waals surface area contributed by atoms with Crippen molar-refractivity contribution in [1.82, 2.24) is 0 Å². The number of hydrogen-bond donors (Lipinski definition) is 4. The molecule has 0 saturated carbocycles. The second-order valence-corrected chi connectivity index (χ2v) is 14.1. The molecule has 3 aromatic carbocycles. The lowest BCUT2D eigenvalue weighted by atomic mass is 9.67. The molecule has 0 unspecified atom stereocenters. The third-order valence-corrected chi connectivity index (χ3v) is 8.84. The van der Waals surface area contributed by atoms with E-state index < -0.39 is 109 Å². The zero-order chi connectivity index (χ0) is 37.8. The number of benzene rings is 3. The van der Waals surface area contributed by atoms with Crippen LogP contribution in [0, 0.1) is 0 Å². The van der Waals surface area contributed by atoms with Gasteiger partial charge in [-0.1, -0.05) is 18.2 Å². The Morgan fingerprint density at radius 1 is 0.490 bits per heavy atom. The third kappa shape index (κ3) is 9.01. The van der Waals surface area contributed by atoms with Gasteiger partial charge in [0.1, 0.15) is 22.7 Å². The molecule has 8 N–H and O–H groups in total. The van der Waals surface area contributed by atoms with Gasteiger partial charge in [0.15, 0.2) is 0 Å². The summed E-state index contributed by atoms with van der Waals surface area (Å²) in [7, 11) is -14.9. The molecule has 14 nitrogen and oxygen atoms in total. The number of sulfonamides is 3. The van der Waals surface area contributed by atoms with Gasteiger partial charge in [0.05, 0.1) is 14.7 Å². The van der Waals surface area contributed by atoms with E-state index in [4.69, 9.17) is 21.2 Å². The average Bonchev–Trinajstić information content (AvgIpc) is 2.86. The molecule has 0 atom stereocenters. The molecule has 0 fully saturated rings. The Hall–Kier alpha value is -4.37. The van der Waals surface area contributed by atoms with Crippen LogP contribution in [0.4, 0.5) is 39.5 Å². The summed E-state index contributed by atoms with van der Waals surface area (Å²) < 4.78 is 207. The molecule has 49 heavy (non-hydrogen) atoms. The fraction of sp³-hybridized carbons (Fsp3) is 0.174. The molecule has 0 spiro atoms. The average molecular weight is 777 g/mol. The van der Waals surface area contributed by atoms with E-state index in [2.05, 4.69) is 14.2 Å². The van der Waals surface area contributed by atoms with Gasteiger partial charge in [-0.3, -0.25) is 4.79 Å². The molecule has 0 radical (unpaired) electrons. The van der Waals surface area contributed by atoms with E-state index in [0.29, 0.717) is 18.2 Å². The number of hydrogen-bond acceptors (Lipinski definition) is 10. The second-order valence-electron chi connectivity index (χ2n) is 9.37. The number of rotatable bonds is 10. The van der Waals surface area contributed by atoms with Crippen molar-refractivity contribution in [2.45, 2.75) is 39.2 Å². The lowest BCUT2D eigenvalue weighted by Crippen LogP contribution is -2.45. The topological polar surface area (TPSA) is 251 Å². The van der Waals surface area contributed by atoms with Gasteiger partial charge in [-0.25, -0.2) is 40.7 Å². The molecule has 3 rings (SSSR count). The van der Waals surface area contributed by atoms with Gasteiger partial charge in [-0.05, 0) is 18.2 Å². The molecule has 0 aliphatic heterocycles. The maximum Gasteiger partial charge on any atom is 0.573 e. The molecular weight excluding hydrogens is 759 g/mol. The van der Waals surface area contributed by atoms with Crippen LogP contribution in [0.5, 0.6) is 17.2 Å². The highest BCUT2D eigenvalue weighted by Crippen LogP contribution is 2.52. The molecule has 0 bridgehead atoms. The third-order valence-electron chi connectivity index (χ3n) is 6.10. The number of amides is 1. The van der Waals surface area contributed by atoms with E-state index >= 15 is 0 Å². The van der Waals surface area contributed by atoms with E-state index in [9.17, 15) is 69.6 Å². The summed E-state index contributed by atoms with van der Waals surface area (Å²) in [5.74, 6) is -7.74. The largest absolute Gasteiger partial charge is 0.573 e. The fourth-order valence-corrected chi connectivity index (χ4v) is 6.02. The Kier molecular flexibility index (Phi) is 9.97. The van der Waals surface area contributed by atoms with Gasteiger partial charge in [0.2, 0.25) is 36.0 Å². The van der Waals surface area contributed by atoms with Crippen molar-refractivity contribution in [3.63, 3.8) is 0 Å². The number of carbonyl (C=O) groups excluding carboxylic acids is 1. The Balaban J connectivity index is 2.81. The van der Waals surface area contributed by atoms with Crippen molar-refractivity contribution in [2.24, 2.45) is 21.2 Å². The van der Waals surface area contributed by atoms with Crippen LogP contribution in [0.25, 0.3) is 0 Å². The van der Waals surface area contributed by atoms with Crippen LogP contribution >= 0.6 is 0 Å². The summed E-state index contributed by atoms with van der Waals surface area (Å²) in [5, 5.41) is 14.8. The Morgan fingerprint density at radius 3 is 0.878 bits per heavy atom. The summed E-state index contributed by atoms with van der Waals surface area (Å²) in [6.45, 7) is 0. The van der Waals surface area contributed by atoms with Crippen LogP contribution in [0.2, 0.25) is 0 Å². The SMILES string of the molecule is NC(=O)C(c1ccc(S(N)(=O)=O)cc1OC(F)(F)F)(c1ccc(S(N)(=O)=O)cc1OC(F)(F)F)c1ccc(S(N)(=O)=O)cc1OC(F)(F)F. The number of ether oxygens (including phenoxy) is 3. The molecule has 26 heteroatoms. The van der Waals surface area contributed by atoms with Crippen LogP contribution in [-0.2, 0) is 40.3 Å². The summed E-state index contributed by atoms with van der Waals surface area (Å²) in [4.78, 5) is 9.94. The number of primary amides is 1. The van der Waals surface area contributed by atoms with Gasteiger partial charge in [-0.2, -0.15) is 0 Å². The maximum absolute atomic E-state index is 13.7. The molecule has 1 amide bonds. The van der Waals surface area contributed by atoms with Gasteiger partial charge in [-0.15, -0.1) is 39.5 Å². The fourth-order valence-electron chi connectivity index (χ4n) is 4.43. The Morgan fingerprint density at radius 2 is 0.714 bits per heavy atom. The number of alkyl halides is 9. The van der Waals surface area contributed by atoms with Gasteiger partial charge < -0.3 is 19.9 Å². The van der Waals surface area contributed by atoms with Crippen LogP contribution in [0.1, 0.15) is 16.7 Å². The maximum atomic E-state index is 13.7. The minimum Gasteiger partial charge on any atom is -0.405 e. The van der Waals surface area contributed by atoms with Crippen molar-refractivity contribution in [2.75, 3.05) is 0 Å². The summed E-state index contributed by atoms with van der Waals surface area (Å²) in [6.07, 6.45) is -17.6. The summed E-state index contributed by atoms with van der Waals surface area (Å²) in [6, 6.07) is 1.50. The van der Waals surface area contributed by atoms with E-state index in [1.165, 1.54) is 0 Å². The van der Waals surface area contributed by atoms with Crippen molar-refractivity contribution in [3.8, 4) is 17.2 Å².